The van der Waals surface area contributed by atoms with Gasteiger partial charge in [-0.3, -0.25) is 9.59 Å². The van der Waals surface area contributed by atoms with E-state index in [0.717, 1.165) is 36.3 Å². The van der Waals surface area contributed by atoms with Crippen molar-refractivity contribution in [3.8, 4) is 0 Å². The van der Waals surface area contributed by atoms with E-state index in [4.69, 9.17) is 0 Å². The fraction of sp³-hybridized carbons (Fsp3) is 0.619. The highest BCUT2D eigenvalue weighted by molar-refractivity contribution is 5.98. The number of amides is 2. The number of hydrogen-bond acceptors (Lipinski definition) is 3. The Balaban J connectivity index is 0.00000261. The minimum atomic E-state index is 0. The van der Waals surface area contributed by atoms with Crippen molar-refractivity contribution in [2.75, 3.05) is 30.4 Å². The second-order valence-corrected chi connectivity index (χ2v) is 7.56. The molecule has 0 radical (unpaired) electrons. The molecule has 0 bridgehead atoms. The zero-order valence-corrected chi connectivity index (χ0v) is 17.1. The molecule has 0 aromatic heterocycles. The summed E-state index contributed by atoms with van der Waals surface area (Å²) in [7, 11) is 1.86. The van der Waals surface area contributed by atoms with E-state index in [1.165, 1.54) is 32.1 Å². The number of fused-ring (bicyclic) bond motifs is 1. The number of anilines is 2. The molecule has 0 unspecified atom stereocenters. The monoisotopic (exact) mass is 393 g/mol. The Morgan fingerprint density at radius 2 is 1.93 bits per heavy atom. The molecule has 5 nitrogen and oxygen atoms in total. The molecule has 2 amide bonds. The van der Waals surface area contributed by atoms with Gasteiger partial charge in [-0.25, -0.2) is 0 Å². The number of hydrogen-bond donors (Lipinski definition) is 2. The van der Waals surface area contributed by atoms with Crippen LogP contribution in [-0.2, 0) is 16.0 Å². The van der Waals surface area contributed by atoms with Gasteiger partial charge < -0.3 is 15.5 Å². The fourth-order valence-electron chi connectivity index (χ4n) is 4.22. The van der Waals surface area contributed by atoms with Crippen molar-refractivity contribution in [2.24, 2.45) is 5.92 Å². The minimum absolute atomic E-state index is 0. The molecular weight excluding hydrogens is 362 g/mol. The van der Waals surface area contributed by atoms with Gasteiger partial charge in [0.2, 0.25) is 11.8 Å². The van der Waals surface area contributed by atoms with Crippen molar-refractivity contribution in [3.63, 3.8) is 0 Å². The van der Waals surface area contributed by atoms with E-state index in [0.29, 0.717) is 25.3 Å². The van der Waals surface area contributed by atoms with Gasteiger partial charge in [0, 0.05) is 37.3 Å². The van der Waals surface area contributed by atoms with Crippen LogP contribution in [0.1, 0.15) is 56.9 Å². The maximum Gasteiger partial charge on any atom is 0.228 e. The third-order valence-electron chi connectivity index (χ3n) is 5.61. The first kappa shape index (κ1) is 21.7. The number of nitrogens with one attached hydrogen (secondary N) is 2. The van der Waals surface area contributed by atoms with Crippen LogP contribution in [0.5, 0.6) is 0 Å². The van der Waals surface area contributed by atoms with Crippen molar-refractivity contribution in [1.29, 1.82) is 0 Å². The number of halogens is 1. The maximum atomic E-state index is 12.5. The zero-order valence-electron chi connectivity index (χ0n) is 16.3. The Morgan fingerprint density at radius 1 is 1.15 bits per heavy atom. The van der Waals surface area contributed by atoms with E-state index in [1.54, 1.807) is 0 Å². The molecule has 1 fully saturated rings. The van der Waals surface area contributed by atoms with Gasteiger partial charge in [-0.1, -0.05) is 25.3 Å². The average Bonchev–Trinajstić information content (AvgIpc) is 2.66. The van der Waals surface area contributed by atoms with E-state index in [-0.39, 0.29) is 24.2 Å². The summed E-state index contributed by atoms with van der Waals surface area (Å²) in [4.78, 5) is 26.9. The van der Waals surface area contributed by atoms with Gasteiger partial charge in [-0.15, -0.1) is 12.4 Å². The normalized spacial score (nSPS) is 17.0. The molecule has 150 valence electrons. The molecule has 6 heteroatoms. The number of benzene rings is 1. The third kappa shape index (κ3) is 5.69. The van der Waals surface area contributed by atoms with E-state index in [1.807, 2.05) is 30.1 Å². The molecule has 2 N–H and O–H groups in total. The number of rotatable bonds is 6. The van der Waals surface area contributed by atoms with Crippen LogP contribution in [0.4, 0.5) is 11.4 Å². The number of carbonyl (C=O) groups is 2. The largest absolute Gasteiger partial charge is 0.326 e. The second-order valence-electron chi connectivity index (χ2n) is 7.56. The fourth-order valence-corrected chi connectivity index (χ4v) is 4.22. The molecule has 1 aromatic rings. The van der Waals surface area contributed by atoms with Crippen LogP contribution in [0.25, 0.3) is 0 Å². The van der Waals surface area contributed by atoms with Crippen molar-refractivity contribution in [1.82, 2.24) is 5.32 Å². The molecular formula is C21H32ClN3O2. The summed E-state index contributed by atoms with van der Waals surface area (Å²) in [6.45, 7) is 1.44. The Labute approximate surface area is 168 Å². The first-order chi connectivity index (χ1) is 12.7. The standard InChI is InChI=1S/C21H31N3O2.ClH/c1-22-13-12-21(26)24-14-6-9-17-18(10-5-11-19(17)24)23-20(25)15-16-7-3-2-4-8-16;/h5,10-11,16,22H,2-4,6-9,12-15H2,1H3,(H,23,25);1H. The van der Waals surface area contributed by atoms with Gasteiger partial charge in [0.25, 0.3) is 0 Å². The zero-order chi connectivity index (χ0) is 18.4. The Morgan fingerprint density at radius 3 is 2.67 bits per heavy atom. The first-order valence-corrected chi connectivity index (χ1v) is 10.1. The summed E-state index contributed by atoms with van der Waals surface area (Å²) in [5.41, 5.74) is 2.95. The molecule has 2 aliphatic rings. The summed E-state index contributed by atoms with van der Waals surface area (Å²) in [5.74, 6) is 0.790. The van der Waals surface area contributed by atoms with Crippen LogP contribution < -0.4 is 15.5 Å². The van der Waals surface area contributed by atoms with Gasteiger partial charge in [-0.2, -0.15) is 0 Å². The van der Waals surface area contributed by atoms with Gasteiger partial charge >= 0.3 is 0 Å². The predicted molar refractivity (Wildman–Crippen MR) is 113 cm³/mol. The summed E-state index contributed by atoms with van der Waals surface area (Å²) >= 11 is 0. The topological polar surface area (TPSA) is 61.4 Å². The van der Waals surface area contributed by atoms with Gasteiger partial charge in [0.05, 0.1) is 0 Å². The third-order valence-corrected chi connectivity index (χ3v) is 5.61. The van der Waals surface area contributed by atoms with Crippen molar-refractivity contribution in [2.45, 2.75) is 57.8 Å². The molecule has 0 spiro atoms. The predicted octanol–water partition coefficient (Wildman–Crippen LogP) is 3.91. The summed E-state index contributed by atoms with van der Waals surface area (Å²) in [6, 6.07) is 5.92. The van der Waals surface area contributed by atoms with Crippen LogP contribution in [0, 0.1) is 5.92 Å². The van der Waals surface area contributed by atoms with E-state index >= 15 is 0 Å². The van der Waals surface area contributed by atoms with Gasteiger partial charge in [0.1, 0.15) is 0 Å². The average molecular weight is 394 g/mol. The lowest BCUT2D eigenvalue weighted by molar-refractivity contribution is -0.118. The van der Waals surface area contributed by atoms with Crippen LogP contribution in [0.2, 0.25) is 0 Å². The molecule has 1 aliphatic carbocycles. The molecule has 0 atom stereocenters. The van der Waals surface area contributed by atoms with Gasteiger partial charge in [0.15, 0.2) is 0 Å². The van der Waals surface area contributed by atoms with Crippen molar-refractivity contribution in [3.05, 3.63) is 23.8 Å². The maximum absolute atomic E-state index is 12.5. The molecule has 27 heavy (non-hydrogen) atoms. The SMILES string of the molecule is CNCCC(=O)N1CCCc2c(NC(=O)CC3CCCCC3)cccc21.Cl. The number of nitrogens with zero attached hydrogens (tertiary/aromatic N) is 1. The molecule has 1 aliphatic heterocycles. The Hall–Kier alpha value is -1.59. The van der Waals surface area contributed by atoms with E-state index in [2.05, 4.69) is 10.6 Å². The molecule has 3 rings (SSSR count). The Bertz CT molecular complexity index is 644. The van der Waals surface area contributed by atoms with Crippen LogP contribution >= 0.6 is 12.4 Å². The van der Waals surface area contributed by atoms with Gasteiger partial charge in [-0.05, 0) is 56.3 Å². The lowest BCUT2D eigenvalue weighted by Gasteiger charge is -2.31. The number of carbonyl (C=O) groups excluding carboxylic acids is 2. The summed E-state index contributed by atoms with van der Waals surface area (Å²) in [6.07, 6.45) is 9.12. The highest BCUT2D eigenvalue weighted by atomic mass is 35.5. The molecule has 1 saturated carbocycles. The molecule has 1 aromatic carbocycles. The Kier molecular flexibility index (Phi) is 8.58. The van der Waals surface area contributed by atoms with Crippen molar-refractivity contribution < 1.29 is 9.59 Å². The highest BCUT2D eigenvalue weighted by Gasteiger charge is 2.25. The quantitative estimate of drug-likeness (QED) is 0.770. The smallest absolute Gasteiger partial charge is 0.228 e. The lowest BCUT2D eigenvalue weighted by atomic mass is 9.87. The lowest BCUT2D eigenvalue weighted by Crippen LogP contribution is -2.37. The van der Waals surface area contributed by atoms with E-state index < -0.39 is 0 Å². The van der Waals surface area contributed by atoms with Crippen LogP contribution in [0.3, 0.4) is 0 Å². The summed E-state index contributed by atoms with van der Waals surface area (Å²) < 4.78 is 0. The molecule has 1 heterocycles. The second kappa shape index (κ2) is 10.7. The van der Waals surface area contributed by atoms with Crippen LogP contribution in [0.15, 0.2) is 18.2 Å². The first-order valence-electron chi connectivity index (χ1n) is 10.1. The van der Waals surface area contributed by atoms with Crippen LogP contribution in [-0.4, -0.2) is 32.0 Å². The van der Waals surface area contributed by atoms with Crippen molar-refractivity contribution >= 4 is 35.6 Å². The molecule has 0 saturated heterocycles. The minimum Gasteiger partial charge on any atom is -0.326 e. The van der Waals surface area contributed by atoms with E-state index in [9.17, 15) is 9.59 Å². The highest BCUT2D eigenvalue weighted by Crippen LogP contribution is 2.34. The summed E-state index contributed by atoms with van der Waals surface area (Å²) in [5, 5.41) is 6.16.